The quantitative estimate of drug-likeness (QED) is 0.299. The molecule has 1 atom stereocenters. The first-order valence-electron chi connectivity index (χ1n) is 7.21. The Labute approximate surface area is 167 Å². The first-order valence-corrected chi connectivity index (χ1v) is 8.92. The van der Waals surface area contributed by atoms with Gasteiger partial charge in [-0.05, 0) is 27.4 Å². The first kappa shape index (κ1) is 23.7. The van der Waals surface area contributed by atoms with Gasteiger partial charge in [-0.2, -0.15) is 22.0 Å². The Bertz CT molecular complexity index is 695. The molecule has 0 spiro atoms. The largest absolute Gasteiger partial charge is 0.465 e. The molecule has 1 aromatic rings. The molecule has 0 aliphatic carbocycles. The first-order chi connectivity index (χ1) is 12.2. The van der Waals surface area contributed by atoms with E-state index in [1.807, 2.05) is 15.9 Å². The number of esters is 2. The van der Waals surface area contributed by atoms with Crippen LogP contribution in [0.2, 0.25) is 0 Å². The number of carbonyl (C=O) groups is 2. The van der Waals surface area contributed by atoms with E-state index in [-0.39, 0.29) is 0 Å². The van der Waals surface area contributed by atoms with Crippen molar-refractivity contribution in [3.05, 3.63) is 28.1 Å². The van der Waals surface area contributed by atoms with E-state index in [1.165, 1.54) is 0 Å². The molecule has 0 radical (unpaired) electrons. The van der Waals surface area contributed by atoms with Crippen LogP contribution in [0.3, 0.4) is 0 Å². The van der Waals surface area contributed by atoms with Crippen LogP contribution in [-0.4, -0.2) is 31.1 Å². The monoisotopic (exact) mass is 525 g/mol. The highest BCUT2D eigenvalue weighted by molar-refractivity contribution is 9.09. The molecule has 0 aromatic carbocycles. The van der Waals surface area contributed by atoms with Crippen molar-refractivity contribution in [1.29, 1.82) is 0 Å². The van der Waals surface area contributed by atoms with Crippen molar-refractivity contribution in [3.63, 3.8) is 0 Å². The molecular weight excluding hydrogens is 513 g/mol. The minimum absolute atomic E-state index is 0.503. The van der Waals surface area contributed by atoms with Gasteiger partial charge in [0.2, 0.25) is 0 Å². The van der Waals surface area contributed by atoms with Crippen LogP contribution in [0.15, 0.2) is 0 Å². The van der Waals surface area contributed by atoms with Crippen LogP contribution in [0, 0.1) is 5.92 Å². The van der Waals surface area contributed by atoms with Crippen LogP contribution in [0.1, 0.15) is 56.3 Å². The minimum Gasteiger partial charge on any atom is -0.465 e. The minimum atomic E-state index is -5.27. The predicted molar refractivity (Wildman–Crippen MR) is 91.2 cm³/mol. The zero-order valence-electron chi connectivity index (χ0n) is 14.4. The SMILES string of the molecule is COC(=O)c1c(C(F)(F)F)nc(C(F)(F)Br)c(C(=O)OC)c1C(Br)C(C)C. The van der Waals surface area contributed by atoms with E-state index < -0.39 is 61.8 Å². The van der Waals surface area contributed by atoms with Crippen molar-refractivity contribution in [2.75, 3.05) is 14.2 Å². The maximum Gasteiger partial charge on any atom is 0.434 e. The molecule has 27 heavy (non-hydrogen) atoms. The Morgan fingerprint density at radius 3 is 1.67 bits per heavy atom. The number of hydrogen-bond acceptors (Lipinski definition) is 5. The molecule has 0 saturated heterocycles. The van der Waals surface area contributed by atoms with E-state index in [0.717, 1.165) is 14.2 Å². The molecule has 1 aromatic heterocycles. The van der Waals surface area contributed by atoms with Crippen molar-refractivity contribution in [2.24, 2.45) is 5.92 Å². The number of rotatable bonds is 5. The Kier molecular flexibility index (Phi) is 7.36. The summed E-state index contributed by atoms with van der Waals surface area (Å²) in [6.45, 7) is 3.09. The van der Waals surface area contributed by atoms with Gasteiger partial charge in [0.15, 0.2) is 5.69 Å². The zero-order chi connectivity index (χ0) is 21.3. The topological polar surface area (TPSA) is 65.5 Å². The summed E-state index contributed by atoms with van der Waals surface area (Å²) in [5, 5.41) is 0. The van der Waals surface area contributed by atoms with Crippen LogP contribution in [-0.2, 0) is 20.5 Å². The van der Waals surface area contributed by atoms with E-state index in [9.17, 15) is 31.5 Å². The average molecular weight is 527 g/mol. The van der Waals surface area contributed by atoms with Crippen molar-refractivity contribution in [2.45, 2.75) is 29.7 Å². The number of carbonyl (C=O) groups excluding carboxylic acids is 2. The van der Waals surface area contributed by atoms with Gasteiger partial charge < -0.3 is 9.47 Å². The molecule has 0 fully saturated rings. The molecule has 1 heterocycles. The summed E-state index contributed by atoms with van der Waals surface area (Å²) >= 11 is 5.01. The molecule has 1 unspecified atom stereocenters. The second kappa shape index (κ2) is 8.38. The highest BCUT2D eigenvalue weighted by atomic mass is 79.9. The van der Waals surface area contributed by atoms with Gasteiger partial charge in [0, 0.05) is 4.83 Å². The van der Waals surface area contributed by atoms with E-state index >= 15 is 0 Å². The van der Waals surface area contributed by atoms with E-state index in [2.05, 4.69) is 30.4 Å². The molecule has 1 rings (SSSR count). The lowest BCUT2D eigenvalue weighted by Gasteiger charge is -2.25. The van der Waals surface area contributed by atoms with E-state index in [0.29, 0.717) is 0 Å². The van der Waals surface area contributed by atoms with Crippen LogP contribution < -0.4 is 0 Å². The smallest absolute Gasteiger partial charge is 0.434 e. The van der Waals surface area contributed by atoms with Gasteiger partial charge in [0.25, 0.3) is 0 Å². The maximum atomic E-state index is 14.0. The van der Waals surface area contributed by atoms with Gasteiger partial charge in [-0.15, -0.1) is 0 Å². The van der Waals surface area contributed by atoms with Gasteiger partial charge in [-0.25, -0.2) is 14.6 Å². The predicted octanol–water partition coefficient (Wildman–Crippen LogP) is 5.21. The molecule has 0 saturated carbocycles. The standard InChI is InChI=1S/C15H14Br2F5NO4/c1-5(2)9(16)6-7(12(24)26-3)10(14(17,18)19)23-11(15(20,21)22)8(6)13(25)27-4/h5,9H,1-4H3. The Morgan fingerprint density at radius 2 is 1.37 bits per heavy atom. The van der Waals surface area contributed by atoms with Crippen molar-refractivity contribution in [3.8, 4) is 0 Å². The molecular formula is C15H14Br2F5NO4. The number of methoxy groups -OCH3 is 2. The zero-order valence-corrected chi connectivity index (χ0v) is 17.6. The van der Waals surface area contributed by atoms with Crippen LogP contribution in [0.25, 0.3) is 0 Å². The summed E-state index contributed by atoms with van der Waals surface area (Å²) in [6, 6.07) is 0. The summed E-state index contributed by atoms with van der Waals surface area (Å²) in [7, 11) is 1.67. The molecule has 0 aliphatic heterocycles. The second-order valence-corrected chi connectivity index (χ2v) is 7.58. The summed E-state index contributed by atoms with van der Waals surface area (Å²) < 4.78 is 77.3. The molecule has 0 aliphatic rings. The number of halogens is 7. The second-order valence-electron chi connectivity index (χ2n) is 5.60. The number of hydrogen-bond donors (Lipinski definition) is 0. The fourth-order valence-electron chi connectivity index (χ4n) is 2.24. The van der Waals surface area contributed by atoms with E-state index in [4.69, 9.17) is 0 Å². The lowest BCUT2D eigenvalue weighted by atomic mass is 9.90. The lowest BCUT2D eigenvalue weighted by molar-refractivity contribution is -0.142. The molecule has 0 N–H and O–H groups in total. The van der Waals surface area contributed by atoms with E-state index in [1.54, 1.807) is 13.8 Å². The Balaban J connectivity index is 4.28. The van der Waals surface area contributed by atoms with Gasteiger partial charge >= 0.3 is 22.9 Å². The molecule has 0 amide bonds. The fourth-order valence-corrected chi connectivity index (χ4v) is 2.99. The number of aromatic nitrogens is 1. The molecule has 0 bridgehead atoms. The third-order valence-corrected chi connectivity index (χ3v) is 5.30. The van der Waals surface area contributed by atoms with Gasteiger partial charge in [0.05, 0.1) is 25.3 Å². The Morgan fingerprint density at radius 1 is 0.963 bits per heavy atom. The van der Waals surface area contributed by atoms with Crippen molar-refractivity contribution >= 4 is 43.8 Å². The van der Waals surface area contributed by atoms with Crippen molar-refractivity contribution in [1.82, 2.24) is 4.98 Å². The van der Waals surface area contributed by atoms with Gasteiger partial charge in [0.1, 0.15) is 5.69 Å². The normalized spacial score (nSPS) is 13.5. The molecule has 5 nitrogen and oxygen atoms in total. The summed E-state index contributed by atoms with van der Waals surface area (Å²) in [4.78, 5) is 22.0. The maximum absolute atomic E-state index is 14.0. The summed E-state index contributed by atoms with van der Waals surface area (Å²) in [6.07, 6.45) is -5.27. The van der Waals surface area contributed by atoms with Crippen molar-refractivity contribution < 1.29 is 41.0 Å². The molecule has 12 heteroatoms. The average Bonchev–Trinajstić information content (AvgIpc) is 2.55. The number of ether oxygens (including phenoxy) is 2. The molecule has 152 valence electrons. The number of alkyl halides is 7. The Hall–Kier alpha value is -1.30. The third-order valence-electron chi connectivity index (χ3n) is 3.41. The lowest BCUT2D eigenvalue weighted by Crippen LogP contribution is -2.28. The summed E-state index contributed by atoms with van der Waals surface area (Å²) in [5.41, 5.74) is -6.14. The number of nitrogens with zero attached hydrogens (tertiary/aromatic N) is 1. The van der Waals surface area contributed by atoms with Gasteiger partial charge in [-0.3, -0.25) is 0 Å². The van der Waals surface area contributed by atoms with Gasteiger partial charge in [-0.1, -0.05) is 29.8 Å². The highest BCUT2D eigenvalue weighted by Crippen LogP contribution is 2.46. The highest BCUT2D eigenvalue weighted by Gasteiger charge is 2.47. The van der Waals surface area contributed by atoms with Crippen LogP contribution >= 0.6 is 31.9 Å². The fraction of sp³-hybridized carbons (Fsp3) is 0.533. The summed E-state index contributed by atoms with van der Waals surface area (Å²) in [5.74, 6) is -3.36. The van der Waals surface area contributed by atoms with Crippen LogP contribution in [0.4, 0.5) is 22.0 Å². The third kappa shape index (κ3) is 4.95. The number of pyridine rings is 1. The van der Waals surface area contributed by atoms with Crippen LogP contribution in [0.5, 0.6) is 0 Å².